The van der Waals surface area contributed by atoms with Gasteiger partial charge in [0.15, 0.2) is 0 Å². The number of nitrogens with zero attached hydrogens (tertiary/aromatic N) is 3. The number of piperidine rings is 1. The van der Waals surface area contributed by atoms with Gasteiger partial charge in [0.05, 0.1) is 23.3 Å². The van der Waals surface area contributed by atoms with E-state index >= 15 is 0 Å². The molecule has 1 fully saturated rings. The SMILES string of the molecule is CO[C@H]1CCCN(CCCC2Cn3c(=O)ccc4ncc(F)c2c43)C1. The van der Waals surface area contributed by atoms with Gasteiger partial charge in [0.25, 0.3) is 5.56 Å². The first-order valence-corrected chi connectivity index (χ1v) is 9.10. The van der Waals surface area contributed by atoms with E-state index in [9.17, 15) is 9.18 Å². The van der Waals surface area contributed by atoms with Crippen molar-refractivity contribution in [3.05, 3.63) is 40.1 Å². The van der Waals surface area contributed by atoms with Crippen molar-refractivity contribution in [2.75, 3.05) is 26.7 Å². The number of ether oxygens (including phenoxy) is 1. The predicted octanol–water partition coefficient (Wildman–Crippen LogP) is 2.52. The zero-order valence-corrected chi connectivity index (χ0v) is 14.6. The summed E-state index contributed by atoms with van der Waals surface area (Å²) in [4.78, 5) is 18.7. The third-order valence-electron chi connectivity index (χ3n) is 5.63. The van der Waals surface area contributed by atoms with Gasteiger partial charge in [-0.15, -0.1) is 0 Å². The van der Waals surface area contributed by atoms with Gasteiger partial charge in [0.2, 0.25) is 0 Å². The lowest BCUT2D eigenvalue weighted by molar-refractivity contribution is 0.0307. The van der Waals surface area contributed by atoms with Gasteiger partial charge >= 0.3 is 0 Å². The molecule has 25 heavy (non-hydrogen) atoms. The molecule has 0 radical (unpaired) electrons. The molecular weight excluding hydrogens is 321 g/mol. The highest BCUT2D eigenvalue weighted by atomic mass is 19.1. The van der Waals surface area contributed by atoms with Crippen molar-refractivity contribution in [2.24, 2.45) is 0 Å². The van der Waals surface area contributed by atoms with Gasteiger partial charge in [0.1, 0.15) is 5.82 Å². The summed E-state index contributed by atoms with van der Waals surface area (Å²) in [7, 11) is 1.78. The zero-order valence-electron chi connectivity index (χ0n) is 14.6. The molecule has 2 aromatic heterocycles. The van der Waals surface area contributed by atoms with Crippen molar-refractivity contribution < 1.29 is 9.13 Å². The summed E-state index contributed by atoms with van der Waals surface area (Å²) >= 11 is 0. The van der Waals surface area contributed by atoms with Crippen molar-refractivity contribution in [1.82, 2.24) is 14.5 Å². The smallest absolute Gasteiger partial charge is 0.251 e. The standard InChI is InChI=1S/C19H24FN3O2/c1-25-14-5-3-9-22(12-14)8-2-4-13-11-23-17(24)7-6-16-19(23)18(13)15(20)10-21-16/h6-7,10,13-14H,2-5,8-9,11-12H2,1H3/t13?,14-/m0/s1. The van der Waals surface area contributed by atoms with Crippen LogP contribution < -0.4 is 5.56 Å². The summed E-state index contributed by atoms with van der Waals surface area (Å²) in [5, 5.41) is 0. The monoisotopic (exact) mass is 345 g/mol. The molecule has 2 atom stereocenters. The molecule has 2 aromatic rings. The number of pyridine rings is 2. The van der Waals surface area contributed by atoms with Crippen LogP contribution in [0, 0.1) is 5.82 Å². The number of hydrogen-bond donors (Lipinski definition) is 0. The molecule has 6 heteroatoms. The third-order valence-corrected chi connectivity index (χ3v) is 5.63. The van der Waals surface area contributed by atoms with Gasteiger partial charge in [-0.2, -0.15) is 0 Å². The number of rotatable bonds is 5. The van der Waals surface area contributed by atoms with Crippen LogP contribution in [0.25, 0.3) is 11.0 Å². The second-order valence-corrected chi connectivity index (χ2v) is 7.18. The molecule has 1 saturated heterocycles. The molecule has 5 nitrogen and oxygen atoms in total. The molecule has 2 aliphatic heterocycles. The largest absolute Gasteiger partial charge is 0.380 e. The molecule has 0 amide bonds. The Kier molecular flexibility index (Phi) is 4.56. The Hall–Kier alpha value is -1.79. The molecule has 2 aliphatic rings. The van der Waals surface area contributed by atoms with Gasteiger partial charge < -0.3 is 14.2 Å². The molecule has 0 aromatic carbocycles. The number of aromatic nitrogens is 2. The molecule has 0 bridgehead atoms. The summed E-state index contributed by atoms with van der Waals surface area (Å²) in [6.07, 6.45) is 5.80. The lowest BCUT2D eigenvalue weighted by Gasteiger charge is -2.32. The average Bonchev–Trinajstić information content (AvgIpc) is 3.02. The lowest BCUT2D eigenvalue weighted by atomic mass is 9.95. The summed E-state index contributed by atoms with van der Waals surface area (Å²) in [6, 6.07) is 3.22. The molecule has 1 unspecified atom stereocenters. The maximum Gasteiger partial charge on any atom is 0.251 e. The Morgan fingerprint density at radius 1 is 1.36 bits per heavy atom. The van der Waals surface area contributed by atoms with Crippen LogP contribution in [-0.4, -0.2) is 47.3 Å². The van der Waals surface area contributed by atoms with E-state index in [4.69, 9.17) is 4.74 Å². The highest BCUT2D eigenvalue weighted by Crippen LogP contribution is 2.36. The zero-order chi connectivity index (χ0) is 17.4. The van der Waals surface area contributed by atoms with Crippen LogP contribution in [0.5, 0.6) is 0 Å². The van der Waals surface area contributed by atoms with Crippen molar-refractivity contribution in [3.8, 4) is 0 Å². The Balaban J connectivity index is 1.46. The molecule has 4 rings (SSSR count). The van der Waals surface area contributed by atoms with E-state index in [0.29, 0.717) is 29.2 Å². The minimum absolute atomic E-state index is 0.0589. The van der Waals surface area contributed by atoms with Crippen LogP contribution in [0.2, 0.25) is 0 Å². The van der Waals surface area contributed by atoms with Crippen LogP contribution in [0.4, 0.5) is 4.39 Å². The van der Waals surface area contributed by atoms with E-state index in [1.54, 1.807) is 17.7 Å². The van der Waals surface area contributed by atoms with Crippen LogP contribution in [0.3, 0.4) is 0 Å². The second-order valence-electron chi connectivity index (χ2n) is 7.18. The fourth-order valence-corrected chi connectivity index (χ4v) is 4.35. The second kappa shape index (κ2) is 6.84. The van der Waals surface area contributed by atoms with Crippen molar-refractivity contribution in [1.29, 1.82) is 0 Å². The summed E-state index contributed by atoms with van der Waals surface area (Å²) in [5.41, 5.74) is 2.01. The van der Waals surface area contributed by atoms with E-state index in [1.165, 1.54) is 18.7 Å². The summed E-state index contributed by atoms with van der Waals surface area (Å²) in [6.45, 7) is 3.65. The van der Waals surface area contributed by atoms with Gasteiger partial charge in [0, 0.05) is 37.7 Å². The van der Waals surface area contributed by atoms with Crippen LogP contribution in [0.1, 0.15) is 37.2 Å². The Morgan fingerprint density at radius 3 is 3.08 bits per heavy atom. The van der Waals surface area contributed by atoms with E-state index in [-0.39, 0.29) is 17.3 Å². The Labute approximate surface area is 146 Å². The fraction of sp³-hybridized carbons (Fsp3) is 0.579. The quantitative estimate of drug-likeness (QED) is 0.835. The van der Waals surface area contributed by atoms with E-state index in [1.807, 2.05) is 0 Å². The van der Waals surface area contributed by atoms with Gasteiger partial charge in [-0.05, 0) is 44.8 Å². The Morgan fingerprint density at radius 2 is 2.24 bits per heavy atom. The first-order chi connectivity index (χ1) is 12.2. The number of halogens is 1. The normalized spacial score (nSPS) is 23.4. The number of hydrogen-bond acceptors (Lipinski definition) is 4. The first kappa shape index (κ1) is 16.7. The minimum atomic E-state index is -0.285. The molecule has 0 aliphatic carbocycles. The summed E-state index contributed by atoms with van der Waals surface area (Å²) in [5.74, 6) is -0.226. The van der Waals surface area contributed by atoms with E-state index in [2.05, 4.69) is 9.88 Å². The van der Waals surface area contributed by atoms with Crippen LogP contribution in [-0.2, 0) is 11.3 Å². The molecule has 0 N–H and O–H groups in total. The van der Waals surface area contributed by atoms with Gasteiger partial charge in [-0.25, -0.2) is 4.39 Å². The predicted molar refractivity (Wildman–Crippen MR) is 94.4 cm³/mol. The minimum Gasteiger partial charge on any atom is -0.380 e. The van der Waals surface area contributed by atoms with Crippen molar-refractivity contribution in [3.63, 3.8) is 0 Å². The highest BCUT2D eigenvalue weighted by Gasteiger charge is 2.29. The molecule has 4 heterocycles. The van der Waals surface area contributed by atoms with Crippen LogP contribution in [0.15, 0.2) is 23.1 Å². The van der Waals surface area contributed by atoms with Gasteiger partial charge in [-0.1, -0.05) is 0 Å². The van der Waals surface area contributed by atoms with Crippen molar-refractivity contribution >= 4 is 11.0 Å². The van der Waals surface area contributed by atoms with E-state index in [0.717, 1.165) is 38.9 Å². The topological polar surface area (TPSA) is 47.4 Å². The van der Waals surface area contributed by atoms with Gasteiger partial charge in [-0.3, -0.25) is 9.78 Å². The third kappa shape index (κ3) is 3.09. The van der Waals surface area contributed by atoms with E-state index < -0.39 is 0 Å². The Bertz CT molecular complexity index is 835. The lowest BCUT2D eigenvalue weighted by Crippen LogP contribution is -2.39. The molecular formula is C19H24FN3O2. The maximum absolute atomic E-state index is 14.4. The van der Waals surface area contributed by atoms with Crippen LogP contribution >= 0.6 is 0 Å². The summed E-state index contributed by atoms with van der Waals surface area (Å²) < 4.78 is 21.6. The number of methoxy groups -OCH3 is 1. The van der Waals surface area contributed by atoms with Crippen molar-refractivity contribution in [2.45, 2.75) is 44.2 Å². The molecule has 0 spiro atoms. The maximum atomic E-state index is 14.4. The first-order valence-electron chi connectivity index (χ1n) is 9.10. The molecule has 0 saturated carbocycles. The highest BCUT2D eigenvalue weighted by molar-refractivity contribution is 5.80. The molecule has 134 valence electrons. The average molecular weight is 345 g/mol. The number of likely N-dealkylation sites (tertiary alicyclic amines) is 1. The fourth-order valence-electron chi connectivity index (χ4n) is 4.35.